The fourth-order valence-electron chi connectivity index (χ4n) is 1.27. The van der Waals surface area contributed by atoms with E-state index in [1.54, 1.807) is 24.0 Å². The number of hydrogen-bond donors (Lipinski definition) is 2. The summed E-state index contributed by atoms with van der Waals surface area (Å²) >= 11 is 0. The Balaban J connectivity index is 2.45. The molecule has 0 saturated heterocycles. The molecule has 1 aromatic heterocycles. The number of unbranched alkanes of at least 4 members (excludes halogenated alkanes) is 1. The van der Waals surface area contributed by atoms with Gasteiger partial charge in [0.05, 0.1) is 12.2 Å². The van der Waals surface area contributed by atoms with E-state index in [1.165, 1.54) is 0 Å². The van der Waals surface area contributed by atoms with Crippen molar-refractivity contribution in [3.8, 4) is 0 Å². The zero-order valence-electron chi connectivity index (χ0n) is 9.23. The van der Waals surface area contributed by atoms with Gasteiger partial charge in [0.2, 0.25) is 5.91 Å². The Hall–Kier alpha value is -1.36. The van der Waals surface area contributed by atoms with Crippen molar-refractivity contribution in [3.05, 3.63) is 12.3 Å². The van der Waals surface area contributed by atoms with Crippen LogP contribution in [-0.2, 0) is 11.8 Å². The van der Waals surface area contributed by atoms with Crippen molar-refractivity contribution < 1.29 is 4.79 Å². The normalized spacial score (nSPS) is 12.5. The van der Waals surface area contributed by atoms with Crippen molar-refractivity contribution >= 4 is 11.7 Å². The van der Waals surface area contributed by atoms with E-state index in [2.05, 4.69) is 17.3 Å². The molecule has 84 valence electrons. The summed E-state index contributed by atoms with van der Waals surface area (Å²) in [5, 5.41) is 6.69. The summed E-state index contributed by atoms with van der Waals surface area (Å²) in [4.78, 5) is 11.6. The van der Waals surface area contributed by atoms with Crippen molar-refractivity contribution in [3.63, 3.8) is 0 Å². The maximum atomic E-state index is 11.6. The highest BCUT2D eigenvalue weighted by molar-refractivity contribution is 5.93. The van der Waals surface area contributed by atoms with Gasteiger partial charge in [-0.25, -0.2) is 0 Å². The van der Waals surface area contributed by atoms with Gasteiger partial charge in [-0.15, -0.1) is 0 Å². The van der Waals surface area contributed by atoms with Crippen LogP contribution in [0.2, 0.25) is 0 Å². The second kappa shape index (κ2) is 5.50. The van der Waals surface area contributed by atoms with E-state index < -0.39 is 6.04 Å². The largest absolute Gasteiger partial charge is 0.320 e. The number of anilines is 1. The summed E-state index contributed by atoms with van der Waals surface area (Å²) in [7, 11) is 1.77. The summed E-state index contributed by atoms with van der Waals surface area (Å²) in [6.45, 7) is 2.08. The molecule has 0 fully saturated rings. The Morgan fingerprint density at radius 2 is 2.47 bits per heavy atom. The molecule has 0 unspecified atom stereocenters. The van der Waals surface area contributed by atoms with Crippen LogP contribution in [0, 0.1) is 0 Å². The van der Waals surface area contributed by atoms with Crippen LogP contribution < -0.4 is 11.1 Å². The Kier molecular flexibility index (Phi) is 4.30. The van der Waals surface area contributed by atoms with E-state index in [-0.39, 0.29) is 5.91 Å². The van der Waals surface area contributed by atoms with Crippen LogP contribution in [0.15, 0.2) is 12.3 Å². The number of rotatable bonds is 5. The summed E-state index contributed by atoms with van der Waals surface area (Å²) in [6.07, 6.45) is 4.38. The average Bonchev–Trinajstić information content (AvgIpc) is 2.61. The van der Waals surface area contributed by atoms with Gasteiger partial charge in [0.15, 0.2) is 0 Å². The SMILES string of the molecule is CCCC[C@H](N)C(=O)Nc1ccnn1C. The molecule has 0 aliphatic heterocycles. The highest BCUT2D eigenvalue weighted by atomic mass is 16.2. The minimum absolute atomic E-state index is 0.146. The number of nitrogens with one attached hydrogen (secondary N) is 1. The molecule has 0 radical (unpaired) electrons. The molecule has 1 rings (SSSR count). The minimum atomic E-state index is -0.431. The lowest BCUT2D eigenvalue weighted by molar-refractivity contribution is -0.117. The molecular formula is C10H18N4O. The van der Waals surface area contributed by atoms with Gasteiger partial charge in [-0.3, -0.25) is 9.48 Å². The number of nitrogens with two attached hydrogens (primary N) is 1. The van der Waals surface area contributed by atoms with E-state index in [1.807, 2.05) is 0 Å². The van der Waals surface area contributed by atoms with Crippen molar-refractivity contribution in [2.24, 2.45) is 12.8 Å². The summed E-state index contributed by atoms with van der Waals surface area (Å²) in [5.74, 6) is 0.527. The van der Waals surface area contributed by atoms with Crippen molar-refractivity contribution in [2.75, 3.05) is 5.32 Å². The Morgan fingerprint density at radius 3 is 3.00 bits per heavy atom. The predicted octanol–water partition coefficient (Wildman–Crippen LogP) is 0.876. The lowest BCUT2D eigenvalue weighted by Gasteiger charge is -2.11. The Labute approximate surface area is 89.6 Å². The molecule has 5 nitrogen and oxygen atoms in total. The van der Waals surface area contributed by atoms with Gasteiger partial charge >= 0.3 is 0 Å². The highest BCUT2D eigenvalue weighted by Crippen LogP contribution is 2.05. The van der Waals surface area contributed by atoms with Crippen LogP contribution in [0.3, 0.4) is 0 Å². The molecular weight excluding hydrogens is 192 g/mol. The first-order valence-electron chi connectivity index (χ1n) is 5.19. The fourth-order valence-corrected chi connectivity index (χ4v) is 1.27. The number of amides is 1. The number of hydrogen-bond acceptors (Lipinski definition) is 3. The number of aryl methyl sites for hydroxylation is 1. The molecule has 0 spiro atoms. The number of aromatic nitrogens is 2. The van der Waals surface area contributed by atoms with Crippen molar-refractivity contribution in [1.82, 2.24) is 9.78 Å². The fraction of sp³-hybridized carbons (Fsp3) is 0.600. The van der Waals surface area contributed by atoms with Gasteiger partial charge in [-0.1, -0.05) is 19.8 Å². The summed E-state index contributed by atoms with van der Waals surface area (Å²) in [6, 6.07) is 1.31. The first-order valence-corrected chi connectivity index (χ1v) is 5.19. The van der Waals surface area contributed by atoms with Gasteiger partial charge in [0.25, 0.3) is 0 Å². The van der Waals surface area contributed by atoms with Gasteiger partial charge in [0.1, 0.15) is 5.82 Å². The van der Waals surface area contributed by atoms with Crippen molar-refractivity contribution in [1.29, 1.82) is 0 Å². The van der Waals surface area contributed by atoms with Crippen LogP contribution >= 0.6 is 0 Å². The Bertz CT molecular complexity index is 321. The zero-order chi connectivity index (χ0) is 11.3. The molecule has 1 heterocycles. The van der Waals surface area contributed by atoms with E-state index in [4.69, 9.17) is 5.73 Å². The molecule has 0 saturated carbocycles. The third kappa shape index (κ3) is 3.36. The average molecular weight is 210 g/mol. The minimum Gasteiger partial charge on any atom is -0.320 e. The number of carbonyl (C=O) groups excluding carboxylic acids is 1. The van der Waals surface area contributed by atoms with Gasteiger partial charge in [0, 0.05) is 13.1 Å². The number of nitrogens with zero attached hydrogens (tertiary/aromatic N) is 2. The molecule has 5 heteroatoms. The first-order chi connectivity index (χ1) is 7.15. The number of carbonyl (C=O) groups is 1. The lowest BCUT2D eigenvalue weighted by atomic mass is 10.1. The van der Waals surface area contributed by atoms with Gasteiger partial charge in [-0.05, 0) is 6.42 Å². The van der Waals surface area contributed by atoms with E-state index in [0.29, 0.717) is 5.82 Å². The van der Waals surface area contributed by atoms with E-state index >= 15 is 0 Å². The third-order valence-electron chi connectivity index (χ3n) is 2.28. The second-order valence-electron chi connectivity index (χ2n) is 3.58. The first kappa shape index (κ1) is 11.7. The van der Waals surface area contributed by atoms with Crippen molar-refractivity contribution in [2.45, 2.75) is 32.2 Å². The molecule has 15 heavy (non-hydrogen) atoms. The maximum absolute atomic E-state index is 11.6. The molecule has 0 aliphatic rings. The van der Waals surface area contributed by atoms with E-state index in [0.717, 1.165) is 19.3 Å². The second-order valence-corrected chi connectivity index (χ2v) is 3.58. The van der Waals surface area contributed by atoms with Gasteiger partial charge < -0.3 is 11.1 Å². The standard InChI is InChI=1S/C10H18N4O/c1-3-4-5-8(11)10(15)13-9-6-7-12-14(9)2/h6-8H,3-5,11H2,1-2H3,(H,13,15)/t8-/m0/s1. The molecule has 3 N–H and O–H groups in total. The maximum Gasteiger partial charge on any atom is 0.242 e. The van der Waals surface area contributed by atoms with E-state index in [9.17, 15) is 4.79 Å². The molecule has 0 bridgehead atoms. The van der Waals surface area contributed by atoms with Crippen LogP contribution in [-0.4, -0.2) is 21.7 Å². The topological polar surface area (TPSA) is 72.9 Å². The molecule has 1 atom stereocenters. The molecule has 0 aromatic carbocycles. The van der Waals surface area contributed by atoms with Crippen LogP contribution in [0.5, 0.6) is 0 Å². The summed E-state index contributed by atoms with van der Waals surface area (Å²) in [5.41, 5.74) is 5.73. The molecule has 0 aliphatic carbocycles. The highest BCUT2D eigenvalue weighted by Gasteiger charge is 2.13. The third-order valence-corrected chi connectivity index (χ3v) is 2.28. The van der Waals surface area contributed by atoms with Crippen LogP contribution in [0.4, 0.5) is 5.82 Å². The predicted molar refractivity (Wildman–Crippen MR) is 59.3 cm³/mol. The quantitative estimate of drug-likeness (QED) is 0.757. The monoisotopic (exact) mass is 210 g/mol. The molecule has 1 aromatic rings. The Morgan fingerprint density at radius 1 is 1.73 bits per heavy atom. The smallest absolute Gasteiger partial charge is 0.242 e. The van der Waals surface area contributed by atoms with Crippen LogP contribution in [0.25, 0.3) is 0 Å². The zero-order valence-corrected chi connectivity index (χ0v) is 9.23. The van der Waals surface area contributed by atoms with Gasteiger partial charge in [-0.2, -0.15) is 5.10 Å². The summed E-state index contributed by atoms with van der Waals surface area (Å²) < 4.78 is 1.60. The lowest BCUT2D eigenvalue weighted by Crippen LogP contribution is -2.35. The molecule has 1 amide bonds. The van der Waals surface area contributed by atoms with Crippen LogP contribution in [0.1, 0.15) is 26.2 Å².